The standard InChI is InChI=1S/C28H48N4O6/c1-11-13-14-18(20(33)23(35)29-15-12-2)30-22(34)19-16-28(9,10)17-32(19)24(36)21(26(3,4)5)31-25(37)38-27(6,7)8/h12,18-19,21H,2,11,13-17H2,1,3-10H3,(H,29,35)(H,30,34)(H,31,37). The second kappa shape index (κ2) is 13.2. The van der Waals surface area contributed by atoms with Crippen LogP contribution in [0.5, 0.6) is 0 Å². The Balaban J connectivity index is 3.22. The molecule has 3 atom stereocenters. The highest BCUT2D eigenvalue weighted by Gasteiger charge is 2.48. The summed E-state index contributed by atoms with van der Waals surface area (Å²) in [7, 11) is 0. The van der Waals surface area contributed by atoms with E-state index in [1.807, 2.05) is 41.5 Å². The fourth-order valence-corrected chi connectivity index (χ4v) is 4.33. The Morgan fingerprint density at radius 2 is 1.68 bits per heavy atom. The molecule has 0 aliphatic carbocycles. The lowest BCUT2D eigenvalue weighted by Crippen LogP contribution is -2.59. The molecule has 0 aromatic heterocycles. The molecule has 0 saturated carbocycles. The number of ether oxygens (including phenoxy) is 1. The van der Waals surface area contributed by atoms with Gasteiger partial charge in [0.25, 0.3) is 5.91 Å². The van der Waals surface area contributed by atoms with Crippen LogP contribution in [0.25, 0.3) is 0 Å². The smallest absolute Gasteiger partial charge is 0.408 e. The summed E-state index contributed by atoms with van der Waals surface area (Å²) in [4.78, 5) is 66.6. The van der Waals surface area contributed by atoms with E-state index in [1.54, 1.807) is 20.8 Å². The third-order valence-corrected chi connectivity index (χ3v) is 6.19. The van der Waals surface area contributed by atoms with Gasteiger partial charge in [0.15, 0.2) is 0 Å². The molecule has 0 aromatic rings. The number of carbonyl (C=O) groups is 5. The average molecular weight is 537 g/mol. The van der Waals surface area contributed by atoms with Crippen LogP contribution in [0, 0.1) is 10.8 Å². The van der Waals surface area contributed by atoms with E-state index in [2.05, 4.69) is 22.5 Å². The van der Waals surface area contributed by atoms with Gasteiger partial charge in [-0.05, 0) is 44.4 Å². The number of amides is 4. The first kappa shape index (κ1) is 33.1. The van der Waals surface area contributed by atoms with Gasteiger partial charge in [-0.25, -0.2) is 4.79 Å². The highest BCUT2D eigenvalue weighted by atomic mass is 16.6. The van der Waals surface area contributed by atoms with Crippen molar-refractivity contribution in [1.29, 1.82) is 0 Å². The van der Waals surface area contributed by atoms with Crippen molar-refractivity contribution in [2.24, 2.45) is 10.8 Å². The quantitative estimate of drug-likeness (QED) is 0.274. The van der Waals surface area contributed by atoms with Crippen molar-refractivity contribution in [3.8, 4) is 0 Å². The Labute approximate surface area is 227 Å². The fraction of sp³-hybridized carbons (Fsp3) is 0.750. The van der Waals surface area contributed by atoms with Crippen molar-refractivity contribution in [1.82, 2.24) is 20.9 Å². The second-order valence-corrected chi connectivity index (χ2v) is 12.9. The normalized spacial score (nSPS) is 18.7. The van der Waals surface area contributed by atoms with E-state index in [-0.39, 0.29) is 12.0 Å². The van der Waals surface area contributed by atoms with Gasteiger partial charge in [0.05, 0.1) is 6.04 Å². The average Bonchev–Trinajstić information content (AvgIpc) is 3.11. The minimum Gasteiger partial charge on any atom is -0.444 e. The van der Waals surface area contributed by atoms with Gasteiger partial charge in [-0.15, -0.1) is 6.58 Å². The molecule has 1 aliphatic heterocycles. The first-order valence-electron chi connectivity index (χ1n) is 13.4. The topological polar surface area (TPSA) is 134 Å². The van der Waals surface area contributed by atoms with Crippen LogP contribution in [0.3, 0.4) is 0 Å². The zero-order valence-corrected chi connectivity index (χ0v) is 24.7. The van der Waals surface area contributed by atoms with E-state index < -0.39 is 58.7 Å². The third-order valence-electron chi connectivity index (χ3n) is 6.19. The lowest BCUT2D eigenvalue weighted by molar-refractivity contribution is -0.144. The molecule has 10 heteroatoms. The Morgan fingerprint density at radius 3 is 2.18 bits per heavy atom. The first-order chi connectivity index (χ1) is 17.3. The predicted octanol–water partition coefficient (Wildman–Crippen LogP) is 3.10. The highest BCUT2D eigenvalue weighted by Crippen LogP contribution is 2.36. The minimum atomic E-state index is -1.01. The van der Waals surface area contributed by atoms with Gasteiger partial charge in [0.1, 0.15) is 17.7 Å². The number of ketones is 1. The Kier molecular flexibility index (Phi) is 11.5. The van der Waals surface area contributed by atoms with Gasteiger partial charge in [-0.2, -0.15) is 0 Å². The first-order valence-corrected chi connectivity index (χ1v) is 13.4. The largest absolute Gasteiger partial charge is 0.444 e. The molecule has 0 radical (unpaired) electrons. The Bertz CT molecular complexity index is 900. The lowest BCUT2D eigenvalue weighted by atomic mass is 9.85. The van der Waals surface area contributed by atoms with E-state index in [9.17, 15) is 24.0 Å². The summed E-state index contributed by atoms with van der Waals surface area (Å²) in [5.41, 5.74) is -1.80. The number of hydrogen-bond donors (Lipinski definition) is 3. The lowest BCUT2D eigenvalue weighted by Gasteiger charge is -2.36. The number of nitrogens with one attached hydrogen (secondary N) is 3. The number of carbonyl (C=O) groups excluding carboxylic acids is 5. The third kappa shape index (κ3) is 10.1. The summed E-state index contributed by atoms with van der Waals surface area (Å²) >= 11 is 0. The molecular weight excluding hydrogens is 488 g/mol. The van der Waals surface area contributed by atoms with E-state index in [1.165, 1.54) is 11.0 Å². The van der Waals surface area contributed by atoms with E-state index >= 15 is 0 Å². The van der Waals surface area contributed by atoms with Gasteiger partial charge >= 0.3 is 6.09 Å². The summed E-state index contributed by atoms with van der Waals surface area (Å²) in [5, 5.41) is 7.90. The van der Waals surface area contributed by atoms with Crippen molar-refractivity contribution in [2.75, 3.05) is 13.1 Å². The molecule has 216 valence electrons. The summed E-state index contributed by atoms with van der Waals surface area (Å²) in [6.07, 6.45) is 2.82. The number of Topliss-reactive ketones (excluding diaryl/α,β-unsaturated/α-hetero) is 1. The summed E-state index contributed by atoms with van der Waals surface area (Å²) in [6, 6.07) is -2.83. The number of alkyl carbamates (subject to hydrolysis) is 1. The van der Waals surface area contributed by atoms with E-state index in [4.69, 9.17) is 4.74 Å². The van der Waals surface area contributed by atoms with E-state index in [0.29, 0.717) is 25.8 Å². The van der Waals surface area contributed by atoms with Crippen molar-refractivity contribution in [2.45, 2.75) is 112 Å². The molecule has 0 bridgehead atoms. The summed E-state index contributed by atoms with van der Waals surface area (Å²) in [5.74, 6) is -2.43. The number of likely N-dealkylation sites (tertiary alicyclic amines) is 1. The molecule has 1 saturated heterocycles. The van der Waals surface area contributed by atoms with Gasteiger partial charge < -0.3 is 25.6 Å². The van der Waals surface area contributed by atoms with Crippen LogP contribution in [-0.4, -0.2) is 71.3 Å². The zero-order chi connectivity index (χ0) is 29.5. The maximum absolute atomic E-state index is 13.8. The van der Waals surface area contributed by atoms with Crippen molar-refractivity contribution in [3.63, 3.8) is 0 Å². The number of hydrogen-bond acceptors (Lipinski definition) is 6. The predicted molar refractivity (Wildman–Crippen MR) is 146 cm³/mol. The number of unbranched alkanes of at least 4 members (excludes halogenated alkanes) is 1. The van der Waals surface area contributed by atoms with Gasteiger partial charge in [-0.1, -0.05) is 60.5 Å². The molecule has 1 heterocycles. The summed E-state index contributed by atoms with van der Waals surface area (Å²) < 4.78 is 5.38. The van der Waals surface area contributed by atoms with Gasteiger partial charge in [0.2, 0.25) is 17.6 Å². The Hall–Kier alpha value is -2.91. The van der Waals surface area contributed by atoms with Gasteiger partial charge in [0, 0.05) is 13.1 Å². The molecule has 3 N–H and O–H groups in total. The second-order valence-electron chi connectivity index (χ2n) is 12.9. The van der Waals surface area contributed by atoms with Crippen LogP contribution in [0.15, 0.2) is 12.7 Å². The van der Waals surface area contributed by atoms with E-state index in [0.717, 1.165) is 6.42 Å². The molecule has 1 fully saturated rings. The number of rotatable bonds is 11. The van der Waals surface area contributed by atoms with Crippen molar-refractivity contribution >= 4 is 29.6 Å². The molecule has 10 nitrogen and oxygen atoms in total. The van der Waals surface area contributed by atoms with Crippen LogP contribution >= 0.6 is 0 Å². The molecule has 1 aliphatic rings. The van der Waals surface area contributed by atoms with Crippen LogP contribution < -0.4 is 16.0 Å². The maximum Gasteiger partial charge on any atom is 0.408 e. The minimum absolute atomic E-state index is 0.136. The molecule has 3 unspecified atom stereocenters. The SMILES string of the molecule is C=CCNC(=O)C(=O)C(CCCC)NC(=O)C1CC(C)(C)CN1C(=O)C(NC(=O)OC(C)(C)C)C(C)(C)C. The molecular formula is C28H48N4O6. The van der Waals surface area contributed by atoms with Crippen LogP contribution in [0.1, 0.15) is 88.0 Å². The molecule has 38 heavy (non-hydrogen) atoms. The fourth-order valence-electron chi connectivity index (χ4n) is 4.33. The van der Waals surface area contributed by atoms with Crippen molar-refractivity contribution in [3.05, 3.63) is 12.7 Å². The molecule has 0 aromatic carbocycles. The monoisotopic (exact) mass is 536 g/mol. The summed E-state index contributed by atoms with van der Waals surface area (Å²) in [6.45, 7) is 20.5. The molecule has 4 amide bonds. The van der Waals surface area contributed by atoms with Crippen LogP contribution in [0.4, 0.5) is 4.79 Å². The number of nitrogens with zero attached hydrogens (tertiary/aromatic N) is 1. The zero-order valence-electron chi connectivity index (χ0n) is 24.7. The molecule has 1 rings (SSSR count). The molecule has 0 spiro atoms. The Morgan fingerprint density at radius 1 is 1.08 bits per heavy atom. The van der Waals surface area contributed by atoms with Crippen LogP contribution in [-0.2, 0) is 23.9 Å². The van der Waals surface area contributed by atoms with Gasteiger partial charge in [-0.3, -0.25) is 19.2 Å². The highest BCUT2D eigenvalue weighted by molar-refractivity contribution is 6.38. The van der Waals surface area contributed by atoms with Crippen molar-refractivity contribution < 1.29 is 28.7 Å². The maximum atomic E-state index is 13.8. The van der Waals surface area contributed by atoms with Crippen LogP contribution in [0.2, 0.25) is 0 Å².